The van der Waals surface area contributed by atoms with E-state index >= 15 is 0 Å². The van der Waals surface area contributed by atoms with E-state index in [0.29, 0.717) is 12.5 Å². The molecule has 0 spiro atoms. The van der Waals surface area contributed by atoms with Crippen LogP contribution in [0.5, 0.6) is 0 Å². The zero-order valence-electron chi connectivity index (χ0n) is 17.6. The molecule has 0 unspecified atom stereocenters. The number of hydrogen-bond donors (Lipinski definition) is 1. The molecule has 26 heavy (non-hydrogen) atoms. The number of hydrogen-bond acceptors (Lipinski definition) is 4. The number of allylic oxidation sites excluding steroid dienone is 3. The molecule has 1 N–H and O–H groups in total. The molecule has 0 bridgehead atoms. The summed E-state index contributed by atoms with van der Waals surface area (Å²) in [6.45, 7) is 13.7. The summed E-state index contributed by atoms with van der Waals surface area (Å²) in [6.07, 6.45) is 5.63. The van der Waals surface area contributed by atoms with Gasteiger partial charge in [0, 0.05) is 38.5 Å². The summed E-state index contributed by atoms with van der Waals surface area (Å²) in [5.74, 6) is 2.77. The lowest BCUT2D eigenvalue weighted by atomic mass is 9.99. The van der Waals surface area contributed by atoms with Crippen LogP contribution in [0.4, 0.5) is 11.6 Å². The van der Waals surface area contributed by atoms with Crippen molar-refractivity contribution in [3.63, 3.8) is 0 Å². The maximum atomic E-state index is 5.18. The highest BCUT2D eigenvalue weighted by Gasteiger charge is 2.28. The Kier molecular flexibility index (Phi) is 7.33. The number of nitrogens with zero attached hydrogens (tertiary/aromatic N) is 3. The number of aryl methyl sites for hydroxylation is 1. The third kappa shape index (κ3) is 4.50. The van der Waals surface area contributed by atoms with E-state index in [1.54, 1.807) is 7.11 Å². The summed E-state index contributed by atoms with van der Waals surface area (Å²) in [5, 5.41) is 8.39. The molecule has 2 rings (SSSR count). The van der Waals surface area contributed by atoms with Crippen LogP contribution >= 0.6 is 0 Å². The first-order valence-corrected chi connectivity index (χ1v) is 9.85. The minimum Gasteiger partial charge on any atom is -0.383 e. The highest BCUT2D eigenvalue weighted by atomic mass is 16.5. The van der Waals surface area contributed by atoms with Gasteiger partial charge in [0.1, 0.15) is 5.82 Å². The molecule has 0 amide bonds. The molecule has 0 saturated heterocycles. The molecule has 0 aromatic carbocycles. The van der Waals surface area contributed by atoms with E-state index in [2.05, 4.69) is 50.9 Å². The third-order valence-corrected chi connectivity index (χ3v) is 4.95. The number of ether oxygens (including phenoxy) is 1. The molecule has 1 aliphatic heterocycles. The first-order chi connectivity index (χ1) is 12.4. The van der Waals surface area contributed by atoms with Crippen molar-refractivity contribution in [1.29, 1.82) is 0 Å². The van der Waals surface area contributed by atoms with Gasteiger partial charge in [-0.3, -0.25) is 4.68 Å². The topological polar surface area (TPSA) is 42.3 Å². The van der Waals surface area contributed by atoms with Crippen LogP contribution in [0.3, 0.4) is 0 Å². The highest BCUT2D eigenvalue weighted by molar-refractivity contribution is 5.67. The summed E-state index contributed by atoms with van der Waals surface area (Å²) in [4.78, 5) is 2.44. The van der Waals surface area contributed by atoms with Gasteiger partial charge in [0.2, 0.25) is 0 Å². The van der Waals surface area contributed by atoms with E-state index in [0.717, 1.165) is 44.0 Å². The van der Waals surface area contributed by atoms with Gasteiger partial charge in [0.25, 0.3) is 0 Å². The lowest BCUT2D eigenvalue weighted by Gasteiger charge is -2.32. The normalized spacial score (nSPS) is 16.0. The SMILES string of the molecule is CC/C(C)=C(\C(C)=C/C(C)C)N1CCCc2c1nn(C)c2NCCOC. The van der Waals surface area contributed by atoms with E-state index in [1.165, 1.54) is 22.4 Å². The van der Waals surface area contributed by atoms with E-state index in [4.69, 9.17) is 9.84 Å². The molecule has 0 radical (unpaired) electrons. The number of aromatic nitrogens is 2. The summed E-state index contributed by atoms with van der Waals surface area (Å²) in [6, 6.07) is 0. The molecule has 1 aliphatic rings. The van der Waals surface area contributed by atoms with Crippen LogP contribution in [0.2, 0.25) is 0 Å². The van der Waals surface area contributed by atoms with Gasteiger partial charge >= 0.3 is 0 Å². The van der Waals surface area contributed by atoms with Crippen molar-refractivity contribution in [2.24, 2.45) is 13.0 Å². The Labute approximate surface area is 159 Å². The largest absolute Gasteiger partial charge is 0.383 e. The number of methoxy groups -OCH3 is 1. The predicted octanol–water partition coefficient (Wildman–Crippen LogP) is 4.52. The van der Waals surface area contributed by atoms with Crippen LogP contribution in [-0.4, -0.2) is 36.6 Å². The molecule has 1 aromatic rings. The maximum absolute atomic E-state index is 5.18. The third-order valence-electron chi connectivity index (χ3n) is 4.95. The average molecular weight is 361 g/mol. The monoisotopic (exact) mass is 360 g/mol. The Hall–Kier alpha value is -1.75. The van der Waals surface area contributed by atoms with Gasteiger partial charge in [-0.15, -0.1) is 0 Å². The Morgan fingerprint density at radius 3 is 2.69 bits per heavy atom. The number of nitrogens with one attached hydrogen (secondary N) is 1. The molecule has 0 fully saturated rings. The molecule has 5 heteroatoms. The first kappa shape index (κ1) is 20.6. The van der Waals surface area contributed by atoms with Crippen LogP contribution in [0.1, 0.15) is 53.0 Å². The van der Waals surface area contributed by atoms with Gasteiger partial charge in [-0.2, -0.15) is 5.10 Å². The Bertz CT molecular complexity index is 670. The number of anilines is 2. The van der Waals surface area contributed by atoms with Crippen LogP contribution in [-0.2, 0) is 18.2 Å². The van der Waals surface area contributed by atoms with Gasteiger partial charge in [0.15, 0.2) is 5.82 Å². The minimum atomic E-state index is 0.536. The molecular formula is C21H36N4O. The Balaban J connectivity index is 2.45. The highest BCUT2D eigenvalue weighted by Crippen LogP contribution is 2.37. The van der Waals surface area contributed by atoms with Crippen LogP contribution in [0.25, 0.3) is 0 Å². The van der Waals surface area contributed by atoms with E-state index in [9.17, 15) is 0 Å². The number of fused-ring (bicyclic) bond motifs is 1. The Morgan fingerprint density at radius 1 is 1.35 bits per heavy atom. The van der Waals surface area contributed by atoms with Gasteiger partial charge in [-0.1, -0.05) is 26.8 Å². The molecule has 0 atom stereocenters. The zero-order chi connectivity index (χ0) is 19.3. The Morgan fingerprint density at radius 2 is 2.08 bits per heavy atom. The zero-order valence-corrected chi connectivity index (χ0v) is 17.6. The summed E-state index contributed by atoms with van der Waals surface area (Å²) >= 11 is 0. The van der Waals surface area contributed by atoms with Crippen LogP contribution < -0.4 is 10.2 Å². The van der Waals surface area contributed by atoms with E-state index in [1.807, 2.05) is 11.7 Å². The van der Waals surface area contributed by atoms with Crippen LogP contribution in [0, 0.1) is 5.92 Å². The fraction of sp³-hybridized carbons (Fsp3) is 0.667. The summed E-state index contributed by atoms with van der Waals surface area (Å²) < 4.78 is 7.17. The number of rotatable bonds is 8. The first-order valence-electron chi connectivity index (χ1n) is 9.85. The van der Waals surface area contributed by atoms with Gasteiger partial charge in [-0.05, 0) is 50.2 Å². The van der Waals surface area contributed by atoms with Crippen LogP contribution in [0.15, 0.2) is 22.9 Å². The molecule has 5 nitrogen and oxygen atoms in total. The summed E-state index contributed by atoms with van der Waals surface area (Å²) in [7, 11) is 3.76. The lowest BCUT2D eigenvalue weighted by molar-refractivity contribution is 0.210. The maximum Gasteiger partial charge on any atom is 0.160 e. The smallest absolute Gasteiger partial charge is 0.160 e. The van der Waals surface area contributed by atoms with E-state index < -0.39 is 0 Å². The van der Waals surface area contributed by atoms with Crippen molar-refractivity contribution >= 4 is 11.6 Å². The minimum absolute atomic E-state index is 0.536. The van der Waals surface area contributed by atoms with Crippen molar-refractivity contribution in [3.8, 4) is 0 Å². The van der Waals surface area contributed by atoms with E-state index in [-0.39, 0.29) is 0 Å². The molecule has 1 aromatic heterocycles. The van der Waals surface area contributed by atoms with Crippen molar-refractivity contribution < 1.29 is 4.74 Å². The average Bonchev–Trinajstić information content (AvgIpc) is 2.91. The van der Waals surface area contributed by atoms with Gasteiger partial charge < -0.3 is 15.0 Å². The fourth-order valence-corrected chi connectivity index (χ4v) is 3.76. The standard InChI is InChI=1S/C21H36N4O/c1-8-16(4)19(17(5)14-15(2)3)25-12-9-10-18-20(22-11-13-26-7)24(6)23-21(18)25/h14-15,22H,8-13H2,1-7H3/b17-14-,19-16+. The van der Waals surface area contributed by atoms with Gasteiger partial charge in [0.05, 0.1) is 6.61 Å². The molecular weight excluding hydrogens is 324 g/mol. The second-order valence-corrected chi connectivity index (χ2v) is 7.53. The van der Waals surface area contributed by atoms with Crippen molar-refractivity contribution in [3.05, 3.63) is 28.5 Å². The van der Waals surface area contributed by atoms with Crippen molar-refractivity contribution in [2.45, 2.75) is 53.9 Å². The molecule has 0 saturated carbocycles. The molecule has 2 heterocycles. The lowest BCUT2D eigenvalue weighted by Crippen LogP contribution is -2.30. The molecule has 146 valence electrons. The molecule has 0 aliphatic carbocycles. The quantitative estimate of drug-likeness (QED) is 0.547. The predicted molar refractivity (Wildman–Crippen MR) is 111 cm³/mol. The second kappa shape index (κ2) is 9.26. The van der Waals surface area contributed by atoms with Crippen molar-refractivity contribution in [1.82, 2.24) is 9.78 Å². The van der Waals surface area contributed by atoms with Gasteiger partial charge in [-0.25, -0.2) is 0 Å². The fourth-order valence-electron chi connectivity index (χ4n) is 3.76. The van der Waals surface area contributed by atoms with Crippen molar-refractivity contribution in [2.75, 3.05) is 37.0 Å². The second-order valence-electron chi connectivity index (χ2n) is 7.53. The summed E-state index contributed by atoms with van der Waals surface area (Å²) in [5.41, 5.74) is 5.45.